The molecule has 0 spiro atoms. The summed E-state index contributed by atoms with van der Waals surface area (Å²) in [5.74, 6) is 0. The Bertz CT molecular complexity index is 119. The fourth-order valence-corrected chi connectivity index (χ4v) is 0.695. The van der Waals surface area contributed by atoms with Crippen molar-refractivity contribution in [3.05, 3.63) is 12.2 Å². The van der Waals surface area contributed by atoms with E-state index < -0.39 is 0 Å². The van der Waals surface area contributed by atoms with Crippen LogP contribution in [0.25, 0.3) is 0 Å². The molecule has 2 N–H and O–H groups in total. The molecule has 0 aromatic carbocycles. The van der Waals surface area contributed by atoms with E-state index >= 15 is 0 Å². The first kappa shape index (κ1) is 10.7. The van der Waals surface area contributed by atoms with E-state index in [4.69, 9.17) is 5.73 Å². The standard InChI is InChI=1S/C9H20N2/c1-8(2)11(4)6-5-9(3)7-10/h8H,3,5-7,10H2,1-2,4H3. The molecule has 0 aliphatic heterocycles. The molecular weight excluding hydrogens is 136 g/mol. The van der Waals surface area contributed by atoms with Crippen LogP contribution < -0.4 is 5.73 Å². The lowest BCUT2D eigenvalue weighted by atomic mass is 10.2. The lowest BCUT2D eigenvalue weighted by Crippen LogP contribution is -2.27. The molecule has 0 saturated heterocycles. The summed E-state index contributed by atoms with van der Waals surface area (Å²) in [6.07, 6.45) is 1.02. The molecular formula is C9H20N2. The number of rotatable bonds is 5. The van der Waals surface area contributed by atoms with Gasteiger partial charge in [-0.25, -0.2) is 0 Å². The summed E-state index contributed by atoms with van der Waals surface area (Å²) in [7, 11) is 2.12. The van der Waals surface area contributed by atoms with Gasteiger partial charge in [0.25, 0.3) is 0 Å². The first-order chi connectivity index (χ1) is 5.07. The van der Waals surface area contributed by atoms with E-state index in [1.165, 1.54) is 0 Å². The smallest absolute Gasteiger partial charge is 0.0134 e. The van der Waals surface area contributed by atoms with Gasteiger partial charge in [-0.3, -0.25) is 0 Å². The molecule has 0 radical (unpaired) electrons. The first-order valence-electron chi connectivity index (χ1n) is 4.15. The average molecular weight is 156 g/mol. The third-order valence-electron chi connectivity index (χ3n) is 1.99. The largest absolute Gasteiger partial charge is 0.327 e. The van der Waals surface area contributed by atoms with Gasteiger partial charge in [0.05, 0.1) is 0 Å². The van der Waals surface area contributed by atoms with Gasteiger partial charge in [-0.1, -0.05) is 12.2 Å². The highest BCUT2D eigenvalue weighted by Crippen LogP contribution is 2.00. The zero-order valence-corrected chi connectivity index (χ0v) is 7.93. The summed E-state index contributed by atoms with van der Waals surface area (Å²) in [6.45, 7) is 9.90. The summed E-state index contributed by atoms with van der Waals surface area (Å²) in [6, 6.07) is 0.612. The molecule has 0 heterocycles. The minimum Gasteiger partial charge on any atom is -0.327 e. The molecule has 11 heavy (non-hydrogen) atoms. The fraction of sp³-hybridized carbons (Fsp3) is 0.778. The van der Waals surface area contributed by atoms with Crippen LogP contribution >= 0.6 is 0 Å². The SMILES string of the molecule is C=C(CN)CCN(C)C(C)C. The third-order valence-corrected chi connectivity index (χ3v) is 1.99. The molecule has 0 aromatic heterocycles. The van der Waals surface area contributed by atoms with Gasteiger partial charge in [-0.15, -0.1) is 0 Å². The normalized spacial score (nSPS) is 11.1. The van der Waals surface area contributed by atoms with E-state index in [-0.39, 0.29) is 0 Å². The molecule has 0 amide bonds. The van der Waals surface area contributed by atoms with Crippen molar-refractivity contribution in [3.63, 3.8) is 0 Å². The van der Waals surface area contributed by atoms with E-state index in [9.17, 15) is 0 Å². The van der Waals surface area contributed by atoms with Gasteiger partial charge in [0.15, 0.2) is 0 Å². The van der Waals surface area contributed by atoms with Crippen LogP contribution in [0.5, 0.6) is 0 Å². The van der Waals surface area contributed by atoms with Crippen molar-refractivity contribution >= 4 is 0 Å². The Kier molecular flexibility index (Phi) is 5.16. The predicted molar refractivity (Wildman–Crippen MR) is 50.6 cm³/mol. The lowest BCUT2D eigenvalue weighted by Gasteiger charge is -2.20. The van der Waals surface area contributed by atoms with Gasteiger partial charge >= 0.3 is 0 Å². The monoisotopic (exact) mass is 156 g/mol. The second kappa shape index (κ2) is 5.33. The molecule has 0 aliphatic rings. The fourth-order valence-electron chi connectivity index (χ4n) is 0.695. The maximum absolute atomic E-state index is 5.42. The molecule has 2 nitrogen and oxygen atoms in total. The molecule has 0 bridgehead atoms. The second-order valence-electron chi connectivity index (χ2n) is 3.28. The zero-order valence-electron chi connectivity index (χ0n) is 7.93. The summed E-state index contributed by atoms with van der Waals surface area (Å²) in [5.41, 5.74) is 6.55. The molecule has 0 fully saturated rings. The Morgan fingerprint density at radius 3 is 2.45 bits per heavy atom. The number of hydrogen-bond acceptors (Lipinski definition) is 2. The van der Waals surface area contributed by atoms with Crippen LogP contribution in [0.4, 0.5) is 0 Å². The Morgan fingerprint density at radius 2 is 2.09 bits per heavy atom. The highest BCUT2D eigenvalue weighted by atomic mass is 15.1. The molecule has 0 aliphatic carbocycles. The number of hydrogen-bond donors (Lipinski definition) is 1. The minimum absolute atomic E-state index is 0.612. The van der Waals surface area contributed by atoms with Crippen molar-refractivity contribution < 1.29 is 0 Å². The van der Waals surface area contributed by atoms with Crippen molar-refractivity contribution in [2.24, 2.45) is 5.73 Å². The second-order valence-corrected chi connectivity index (χ2v) is 3.28. The van der Waals surface area contributed by atoms with Crippen molar-refractivity contribution in [1.82, 2.24) is 4.90 Å². The highest BCUT2D eigenvalue weighted by Gasteiger charge is 2.02. The van der Waals surface area contributed by atoms with Crippen molar-refractivity contribution in [2.45, 2.75) is 26.3 Å². The molecule has 0 rings (SSSR count). The van der Waals surface area contributed by atoms with Crippen LogP contribution in [-0.4, -0.2) is 31.1 Å². The topological polar surface area (TPSA) is 29.3 Å². The van der Waals surface area contributed by atoms with Crippen LogP contribution in [0, 0.1) is 0 Å². The molecule has 66 valence electrons. The molecule has 0 unspecified atom stereocenters. The van der Waals surface area contributed by atoms with E-state index in [1.807, 2.05) is 0 Å². The van der Waals surface area contributed by atoms with E-state index in [0.29, 0.717) is 12.6 Å². The predicted octanol–water partition coefficient (Wildman–Crippen LogP) is 1.23. The number of nitrogens with two attached hydrogens (primary N) is 1. The quantitative estimate of drug-likeness (QED) is 0.607. The molecule has 0 saturated carbocycles. The summed E-state index contributed by atoms with van der Waals surface area (Å²) >= 11 is 0. The summed E-state index contributed by atoms with van der Waals surface area (Å²) < 4.78 is 0. The minimum atomic E-state index is 0.612. The van der Waals surface area contributed by atoms with E-state index in [0.717, 1.165) is 18.5 Å². The summed E-state index contributed by atoms with van der Waals surface area (Å²) in [4.78, 5) is 2.29. The van der Waals surface area contributed by atoms with Gasteiger partial charge in [0, 0.05) is 19.1 Å². The van der Waals surface area contributed by atoms with Gasteiger partial charge in [0.2, 0.25) is 0 Å². The lowest BCUT2D eigenvalue weighted by molar-refractivity contribution is 0.277. The molecule has 2 heteroatoms. The van der Waals surface area contributed by atoms with Crippen LogP contribution in [0.2, 0.25) is 0 Å². The average Bonchev–Trinajstić information content (AvgIpc) is 1.99. The van der Waals surface area contributed by atoms with Gasteiger partial charge < -0.3 is 10.6 Å². The molecule has 0 atom stereocenters. The number of nitrogens with zero attached hydrogens (tertiary/aromatic N) is 1. The Balaban J connectivity index is 3.45. The third kappa shape index (κ3) is 4.99. The Hall–Kier alpha value is -0.340. The van der Waals surface area contributed by atoms with Gasteiger partial charge in [-0.2, -0.15) is 0 Å². The Labute approximate surface area is 70.1 Å². The van der Waals surface area contributed by atoms with Gasteiger partial charge in [-0.05, 0) is 27.3 Å². The van der Waals surface area contributed by atoms with Crippen LogP contribution in [0.3, 0.4) is 0 Å². The van der Waals surface area contributed by atoms with Crippen LogP contribution in [-0.2, 0) is 0 Å². The highest BCUT2D eigenvalue weighted by molar-refractivity contribution is 4.95. The van der Waals surface area contributed by atoms with E-state index in [1.54, 1.807) is 0 Å². The zero-order chi connectivity index (χ0) is 8.85. The van der Waals surface area contributed by atoms with Crippen molar-refractivity contribution in [1.29, 1.82) is 0 Å². The van der Waals surface area contributed by atoms with Crippen LogP contribution in [0.15, 0.2) is 12.2 Å². The maximum Gasteiger partial charge on any atom is 0.0134 e. The Morgan fingerprint density at radius 1 is 1.55 bits per heavy atom. The van der Waals surface area contributed by atoms with Gasteiger partial charge in [0.1, 0.15) is 0 Å². The summed E-state index contributed by atoms with van der Waals surface area (Å²) in [5, 5.41) is 0. The maximum atomic E-state index is 5.42. The first-order valence-corrected chi connectivity index (χ1v) is 4.15. The van der Waals surface area contributed by atoms with E-state index in [2.05, 4.69) is 32.4 Å². The van der Waals surface area contributed by atoms with Crippen LogP contribution in [0.1, 0.15) is 20.3 Å². The molecule has 0 aromatic rings. The van der Waals surface area contributed by atoms with Crippen molar-refractivity contribution in [2.75, 3.05) is 20.1 Å². The van der Waals surface area contributed by atoms with Crippen molar-refractivity contribution in [3.8, 4) is 0 Å².